The van der Waals surface area contributed by atoms with E-state index in [0.717, 1.165) is 10.9 Å². The number of carbonyl (C=O) groups is 2. The Kier molecular flexibility index (Phi) is 7.17. The highest BCUT2D eigenvalue weighted by Gasteiger charge is 2.10. The van der Waals surface area contributed by atoms with Crippen LogP contribution in [0.25, 0.3) is 0 Å². The molecule has 110 valence electrons. The third kappa shape index (κ3) is 6.63. The molecule has 0 radical (unpaired) electrons. The molecule has 2 N–H and O–H groups in total. The van der Waals surface area contributed by atoms with Gasteiger partial charge in [0.15, 0.2) is 0 Å². The average Bonchev–Trinajstić information content (AvgIpc) is 2.38. The molecule has 1 aromatic rings. The molecule has 0 aliphatic heterocycles. The number of rotatable bonds is 7. The van der Waals surface area contributed by atoms with Crippen molar-refractivity contribution in [3.05, 3.63) is 22.8 Å². The van der Waals surface area contributed by atoms with Gasteiger partial charge in [-0.05, 0) is 41.5 Å². The summed E-state index contributed by atoms with van der Waals surface area (Å²) in [5, 5.41) is 5.43. The van der Waals surface area contributed by atoms with Crippen LogP contribution in [0.4, 0.5) is 5.82 Å². The van der Waals surface area contributed by atoms with Crippen molar-refractivity contribution in [1.82, 2.24) is 15.2 Å². The van der Waals surface area contributed by atoms with E-state index in [0.29, 0.717) is 12.4 Å². The predicted molar refractivity (Wildman–Crippen MR) is 81.4 cm³/mol. The SMILES string of the molecule is CCCNC(=O)CN(C)CC(=O)Nc1ccc(Br)cn1. The molecule has 0 unspecified atom stereocenters. The number of anilines is 1. The molecule has 0 bridgehead atoms. The highest BCUT2D eigenvalue weighted by atomic mass is 79.9. The van der Waals surface area contributed by atoms with E-state index >= 15 is 0 Å². The Morgan fingerprint density at radius 3 is 2.60 bits per heavy atom. The molecule has 1 aromatic heterocycles. The first-order valence-electron chi connectivity index (χ1n) is 6.38. The number of hydrogen-bond acceptors (Lipinski definition) is 4. The lowest BCUT2D eigenvalue weighted by molar-refractivity contribution is -0.122. The van der Waals surface area contributed by atoms with Crippen LogP contribution in [0.15, 0.2) is 22.8 Å². The van der Waals surface area contributed by atoms with Gasteiger partial charge in [0.05, 0.1) is 13.1 Å². The number of halogens is 1. The van der Waals surface area contributed by atoms with Gasteiger partial charge in [-0.1, -0.05) is 6.92 Å². The van der Waals surface area contributed by atoms with Crippen LogP contribution in [0.1, 0.15) is 13.3 Å². The number of carbonyl (C=O) groups excluding carboxylic acids is 2. The fourth-order valence-electron chi connectivity index (χ4n) is 1.50. The van der Waals surface area contributed by atoms with Crippen molar-refractivity contribution in [3.63, 3.8) is 0 Å². The summed E-state index contributed by atoms with van der Waals surface area (Å²) in [6.07, 6.45) is 2.50. The molecule has 0 aliphatic rings. The average molecular weight is 343 g/mol. The van der Waals surface area contributed by atoms with Crippen LogP contribution in [0.5, 0.6) is 0 Å². The largest absolute Gasteiger partial charge is 0.355 e. The van der Waals surface area contributed by atoms with E-state index in [4.69, 9.17) is 0 Å². The van der Waals surface area contributed by atoms with Crippen LogP contribution in [0.3, 0.4) is 0 Å². The molecule has 7 heteroatoms. The highest BCUT2D eigenvalue weighted by Crippen LogP contribution is 2.10. The first-order valence-corrected chi connectivity index (χ1v) is 7.17. The summed E-state index contributed by atoms with van der Waals surface area (Å²) < 4.78 is 0.847. The Morgan fingerprint density at radius 2 is 2.00 bits per heavy atom. The number of aromatic nitrogens is 1. The molecule has 0 aromatic carbocycles. The number of likely N-dealkylation sites (N-methyl/N-ethyl adjacent to an activating group) is 1. The molecule has 6 nitrogen and oxygen atoms in total. The number of nitrogens with zero attached hydrogens (tertiary/aromatic N) is 2. The molecular formula is C13H19BrN4O2. The van der Waals surface area contributed by atoms with Gasteiger partial charge < -0.3 is 10.6 Å². The lowest BCUT2D eigenvalue weighted by atomic mass is 10.4. The molecule has 0 saturated heterocycles. The Bertz CT molecular complexity index is 450. The van der Waals surface area contributed by atoms with Crippen molar-refractivity contribution in [1.29, 1.82) is 0 Å². The van der Waals surface area contributed by atoms with Gasteiger partial charge in [0.25, 0.3) is 0 Å². The zero-order valence-electron chi connectivity index (χ0n) is 11.6. The highest BCUT2D eigenvalue weighted by molar-refractivity contribution is 9.10. The van der Waals surface area contributed by atoms with Crippen molar-refractivity contribution < 1.29 is 9.59 Å². The second kappa shape index (κ2) is 8.65. The maximum absolute atomic E-state index is 11.8. The van der Waals surface area contributed by atoms with Gasteiger partial charge in [-0.3, -0.25) is 14.5 Å². The van der Waals surface area contributed by atoms with Crippen LogP contribution in [0, 0.1) is 0 Å². The second-order valence-electron chi connectivity index (χ2n) is 4.43. The fraction of sp³-hybridized carbons (Fsp3) is 0.462. The van der Waals surface area contributed by atoms with Crippen molar-refractivity contribution >= 4 is 33.6 Å². The number of pyridine rings is 1. The van der Waals surface area contributed by atoms with E-state index in [2.05, 4.69) is 31.5 Å². The third-order valence-corrected chi connectivity index (χ3v) is 2.86. The fourth-order valence-corrected chi connectivity index (χ4v) is 1.73. The maximum Gasteiger partial charge on any atom is 0.239 e. The second-order valence-corrected chi connectivity index (χ2v) is 5.35. The molecule has 0 aliphatic carbocycles. The van der Waals surface area contributed by atoms with Gasteiger partial charge in [-0.15, -0.1) is 0 Å². The van der Waals surface area contributed by atoms with Gasteiger partial charge >= 0.3 is 0 Å². The zero-order chi connectivity index (χ0) is 15.0. The Labute approximate surface area is 127 Å². The van der Waals surface area contributed by atoms with E-state index in [9.17, 15) is 9.59 Å². The predicted octanol–water partition coefficient (Wildman–Crippen LogP) is 1.24. The molecular weight excluding hydrogens is 324 g/mol. The van der Waals surface area contributed by atoms with Gasteiger partial charge in [0, 0.05) is 17.2 Å². The molecule has 20 heavy (non-hydrogen) atoms. The monoisotopic (exact) mass is 342 g/mol. The molecule has 0 atom stereocenters. The lowest BCUT2D eigenvalue weighted by Crippen LogP contribution is -2.39. The summed E-state index contributed by atoms with van der Waals surface area (Å²) in [5.41, 5.74) is 0. The third-order valence-electron chi connectivity index (χ3n) is 2.39. The van der Waals surface area contributed by atoms with Crippen LogP contribution in [-0.4, -0.2) is 48.4 Å². The van der Waals surface area contributed by atoms with Crippen molar-refractivity contribution in [2.45, 2.75) is 13.3 Å². The van der Waals surface area contributed by atoms with Gasteiger partial charge in [-0.2, -0.15) is 0 Å². The Balaban J connectivity index is 2.34. The molecule has 1 heterocycles. The topological polar surface area (TPSA) is 74.3 Å². The standard InChI is InChI=1S/C13H19BrN4O2/c1-3-6-15-12(19)8-18(2)9-13(20)17-11-5-4-10(14)7-16-11/h4-5,7H,3,6,8-9H2,1-2H3,(H,15,19)(H,16,17,20). The van der Waals surface area contributed by atoms with Gasteiger partial charge in [0.2, 0.25) is 11.8 Å². The molecule has 0 fully saturated rings. The van der Waals surface area contributed by atoms with Gasteiger partial charge in [0.1, 0.15) is 5.82 Å². The quantitative estimate of drug-likeness (QED) is 0.781. The Morgan fingerprint density at radius 1 is 1.30 bits per heavy atom. The summed E-state index contributed by atoms with van der Waals surface area (Å²) in [5.74, 6) is 0.205. The molecule has 1 rings (SSSR count). The lowest BCUT2D eigenvalue weighted by Gasteiger charge is -2.15. The molecule has 2 amide bonds. The summed E-state index contributed by atoms with van der Waals surface area (Å²) in [7, 11) is 1.72. The van der Waals surface area contributed by atoms with Crippen LogP contribution >= 0.6 is 15.9 Å². The van der Waals surface area contributed by atoms with Crippen molar-refractivity contribution in [2.24, 2.45) is 0 Å². The minimum atomic E-state index is -0.203. The van der Waals surface area contributed by atoms with Crippen LogP contribution < -0.4 is 10.6 Å². The minimum absolute atomic E-state index is 0.0797. The van der Waals surface area contributed by atoms with E-state index in [1.807, 2.05) is 6.92 Å². The zero-order valence-corrected chi connectivity index (χ0v) is 13.2. The first-order chi connectivity index (χ1) is 9.51. The summed E-state index contributed by atoms with van der Waals surface area (Å²) in [4.78, 5) is 29.0. The molecule has 0 saturated carbocycles. The van der Waals surface area contributed by atoms with Gasteiger partial charge in [-0.25, -0.2) is 4.98 Å². The molecule has 0 spiro atoms. The minimum Gasteiger partial charge on any atom is -0.355 e. The smallest absolute Gasteiger partial charge is 0.239 e. The van der Waals surface area contributed by atoms with E-state index in [1.54, 1.807) is 30.3 Å². The van der Waals surface area contributed by atoms with Crippen molar-refractivity contribution in [2.75, 3.05) is 32.0 Å². The summed E-state index contributed by atoms with van der Waals surface area (Å²) in [6.45, 7) is 2.98. The van der Waals surface area contributed by atoms with E-state index < -0.39 is 0 Å². The summed E-state index contributed by atoms with van der Waals surface area (Å²) in [6, 6.07) is 3.50. The number of hydrogen-bond donors (Lipinski definition) is 2. The number of nitrogens with one attached hydrogen (secondary N) is 2. The Hall–Kier alpha value is -1.47. The van der Waals surface area contributed by atoms with E-state index in [-0.39, 0.29) is 24.9 Å². The number of amides is 2. The van der Waals surface area contributed by atoms with Crippen LogP contribution in [-0.2, 0) is 9.59 Å². The first kappa shape index (κ1) is 16.6. The van der Waals surface area contributed by atoms with E-state index in [1.165, 1.54) is 0 Å². The summed E-state index contributed by atoms with van der Waals surface area (Å²) >= 11 is 3.27. The maximum atomic E-state index is 11.8. The normalized spacial score (nSPS) is 10.4. The van der Waals surface area contributed by atoms with Crippen LogP contribution in [0.2, 0.25) is 0 Å². The van der Waals surface area contributed by atoms with Crippen molar-refractivity contribution in [3.8, 4) is 0 Å².